The number of aryl methyl sites for hydroxylation is 1. The molecule has 1 amide bonds. The molecule has 1 atom stereocenters. The van der Waals surface area contributed by atoms with E-state index in [2.05, 4.69) is 19.2 Å². The predicted molar refractivity (Wildman–Crippen MR) is 76.4 cm³/mol. The van der Waals surface area contributed by atoms with Gasteiger partial charge in [0.15, 0.2) is 0 Å². The molecule has 0 aliphatic carbocycles. The molecule has 4 heteroatoms. The number of amides is 1. The highest BCUT2D eigenvalue weighted by atomic mass is 35.5. The lowest BCUT2D eigenvalue weighted by Gasteiger charge is -2.34. The Bertz CT molecular complexity index is 409. The Morgan fingerprint density at radius 3 is 2.83 bits per heavy atom. The van der Waals surface area contributed by atoms with Crippen LogP contribution in [0.25, 0.3) is 0 Å². The molecular formula is C14H21ClN2O. The van der Waals surface area contributed by atoms with Gasteiger partial charge in [-0.2, -0.15) is 0 Å². The first-order valence-corrected chi connectivity index (χ1v) is 6.33. The van der Waals surface area contributed by atoms with E-state index in [1.54, 1.807) is 0 Å². The minimum Gasteiger partial charge on any atom is -0.333 e. The van der Waals surface area contributed by atoms with Crippen molar-refractivity contribution in [3.8, 4) is 0 Å². The average Bonchev–Trinajstić information content (AvgIpc) is 2.38. The van der Waals surface area contributed by atoms with Gasteiger partial charge in [0.05, 0.1) is 0 Å². The minimum atomic E-state index is 0. The first-order valence-electron chi connectivity index (χ1n) is 6.33. The van der Waals surface area contributed by atoms with Gasteiger partial charge in [0.25, 0.3) is 5.91 Å². The van der Waals surface area contributed by atoms with Crippen LogP contribution in [0.4, 0.5) is 0 Å². The van der Waals surface area contributed by atoms with E-state index in [0.29, 0.717) is 0 Å². The SMILES string of the molecule is CCc1ccccc1C(=O)N1CCNCC1C.Cl. The molecule has 0 aromatic heterocycles. The smallest absolute Gasteiger partial charge is 0.254 e. The maximum absolute atomic E-state index is 12.5. The van der Waals surface area contributed by atoms with Crippen molar-refractivity contribution in [2.45, 2.75) is 26.3 Å². The molecule has 0 bridgehead atoms. The minimum absolute atomic E-state index is 0. The molecule has 3 nitrogen and oxygen atoms in total. The molecule has 100 valence electrons. The van der Waals surface area contributed by atoms with Gasteiger partial charge in [-0.3, -0.25) is 4.79 Å². The zero-order chi connectivity index (χ0) is 12.3. The quantitative estimate of drug-likeness (QED) is 0.891. The largest absolute Gasteiger partial charge is 0.333 e. The van der Waals surface area contributed by atoms with Gasteiger partial charge in [-0.1, -0.05) is 25.1 Å². The molecule has 1 fully saturated rings. The predicted octanol–water partition coefficient (Wildman–Crippen LogP) is 2.10. The summed E-state index contributed by atoms with van der Waals surface area (Å²) in [6.45, 7) is 6.77. The zero-order valence-electron chi connectivity index (χ0n) is 11.0. The van der Waals surface area contributed by atoms with Crippen molar-refractivity contribution in [1.29, 1.82) is 0 Å². The van der Waals surface area contributed by atoms with Gasteiger partial charge >= 0.3 is 0 Å². The molecule has 0 radical (unpaired) electrons. The zero-order valence-corrected chi connectivity index (χ0v) is 11.8. The molecule has 1 aliphatic rings. The van der Waals surface area contributed by atoms with Crippen LogP contribution in [0.2, 0.25) is 0 Å². The van der Waals surface area contributed by atoms with E-state index in [1.807, 2.05) is 29.2 Å². The molecule has 18 heavy (non-hydrogen) atoms. The fourth-order valence-electron chi connectivity index (χ4n) is 2.33. The molecule has 2 rings (SSSR count). The molecule has 1 aromatic rings. The second-order valence-corrected chi connectivity index (χ2v) is 4.56. The first kappa shape index (κ1) is 15.0. The fourth-order valence-corrected chi connectivity index (χ4v) is 2.33. The van der Waals surface area contributed by atoms with Crippen LogP contribution in [0, 0.1) is 0 Å². The number of halogens is 1. The van der Waals surface area contributed by atoms with Crippen molar-refractivity contribution in [3.63, 3.8) is 0 Å². The first-order chi connectivity index (χ1) is 8.24. The lowest BCUT2D eigenvalue weighted by molar-refractivity contribution is 0.0654. The number of nitrogens with zero attached hydrogens (tertiary/aromatic N) is 1. The van der Waals surface area contributed by atoms with E-state index >= 15 is 0 Å². The lowest BCUT2D eigenvalue weighted by atomic mass is 10.0. The lowest BCUT2D eigenvalue weighted by Crippen LogP contribution is -2.52. The Labute approximate surface area is 115 Å². The van der Waals surface area contributed by atoms with Gasteiger partial charge in [0, 0.05) is 31.2 Å². The van der Waals surface area contributed by atoms with Crippen molar-refractivity contribution in [2.75, 3.05) is 19.6 Å². The van der Waals surface area contributed by atoms with Crippen molar-refractivity contribution >= 4 is 18.3 Å². The number of nitrogens with one attached hydrogen (secondary N) is 1. The third kappa shape index (κ3) is 3.03. The summed E-state index contributed by atoms with van der Waals surface area (Å²) in [6.07, 6.45) is 0.905. The third-order valence-electron chi connectivity index (χ3n) is 3.39. The Morgan fingerprint density at radius 1 is 1.44 bits per heavy atom. The maximum Gasteiger partial charge on any atom is 0.254 e. The van der Waals surface area contributed by atoms with E-state index in [1.165, 1.54) is 0 Å². The summed E-state index contributed by atoms with van der Waals surface area (Å²) in [5, 5.41) is 3.31. The van der Waals surface area contributed by atoms with Crippen LogP contribution in [0.15, 0.2) is 24.3 Å². The van der Waals surface area contributed by atoms with Crippen molar-refractivity contribution in [3.05, 3.63) is 35.4 Å². The molecule has 1 unspecified atom stereocenters. The number of hydrogen-bond donors (Lipinski definition) is 1. The highest BCUT2D eigenvalue weighted by Gasteiger charge is 2.24. The Kier molecular flexibility index (Phi) is 5.63. The summed E-state index contributed by atoms with van der Waals surface area (Å²) in [5.74, 6) is 0.177. The maximum atomic E-state index is 12.5. The number of benzene rings is 1. The Morgan fingerprint density at radius 2 is 2.17 bits per heavy atom. The van der Waals surface area contributed by atoms with Crippen LogP contribution in [-0.4, -0.2) is 36.5 Å². The summed E-state index contributed by atoms with van der Waals surface area (Å²) < 4.78 is 0. The van der Waals surface area contributed by atoms with Gasteiger partial charge < -0.3 is 10.2 Å². The van der Waals surface area contributed by atoms with Gasteiger partial charge in [0.1, 0.15) is 0 Å². The van der Waals surface area contributed by atoms with E-state index < -0.39 is 0 Å². The third-order valence-corrected chi connectivity index (χ3v) is 3.39. The van der Waals surface area contributed by atoms with Crippen LogP contribution < -0.4 is 5.32 Å². The monoisotopic (exact) mass is 268 g/mol. The highest BCUT2D eigenvalue weighted by Crippen LogP contribution is 2.15. The van der Waals surface area contributed by atoms with Crippen LogP contribution in [-0.2, 0) is 6.42 Å². The van der Waals surface area contributed by atoms with Crippen molar-refractivity contribution in [2.24, 2.45) is 0 Å². The van der Waals surface area contributed by atoms with Crippen LogP contribution in [0.5, 0.6) is 0 Å². The topological polar surface area (TPSA) is 32.3 Å². The van der Waals surface area contributed by atoms with Crippen molar-refractivity contribution in [1.82, 2.24) is 10.2 Å². The van der Waals surface area contributed by atoms with Crippen LogP contribution >= 0.6 is 12.4 Å². The normalized spacial score (nSPS) is 19.2. The molecular weight excluding hydrogens is 248 g/mol. The van der Waals surface area contributed by atoms with Crippen molar-refractivity contribution < 1.29 is 4.79 Å². The average molecular weight is 269 g/mol. The molecule has 1 heterocycles. The molecule has 1 aromatic carbocycles. The summed E-state index contributed by atoms with van der Waals surface area (Å²) in [6, 6.07) is 8.20. The Hall–Kier alpha value is -1.06. The van der Waals surface area contributed by atoms with Gasteiger partial charge in [-0.25, -0.2) is 0 Å². The fraction of sp³-hybridized carbons (Fsp3) is 0.500. The molecule has 1 aliphatic heterocycles. The van der Waals surface area contributed by atoms with E-state index in [4.69, 9.17) is 0 Å². The van der Waals surface area contributed by atoms with E-state index in [-0.39, 0.29) is 24.4 Å². The number of piperazine rings is 1. The summed E-state index contributed by atoms with van der Waals surface area (Å²) in [5.41, 5.74) is 2.01. The van der Waals surface area contributed by atoms with Gasteiger partial charge in [-0.05, 0) is 25.0 Å². The van der Waals surface area contributed by atoms with E-state index in [9.17, 15) is 4.79 Å². The molecule has 0 spiro atoms. The second-order valence-electron chi connectivity index (χ2n) is 4.56. The Balaban J connectivity index is 0.00000162. The molecule has 0 saturated carbocycles. The molecule has 1 saturated heterocycles. The number of rotatable bonds is 2. The summed E-state index contributed by atoms with van der Waals surface area (Å²) in [4.78, 5) is 14.5. The summed E-state index contributed by atoms with van der Waals surface area (Å²) in [7, 11) is 0. The van der Waals surface area contributed by atoms with Gasteiger partial charge in [0.2, 0.25) is 0 Å². The highest BCUT2D eigenvalue weighted by molar-refractivity contribution is 5.96. The van der Waals surface area contributed by atoms with Gasteiger partial charge in [-0.15, -0.1) is 12.4 Å². The number of hydrogen-bond acceptors (Lipinski definition) is 2. The number of carbonyl (C=O) groups excluding carboxylic acids is 1. The van der Waals surface area contributed by atoms with E-state index in [0.717, 1.165) is 37.2 Å². The van der Waals surface area contributed by atoms with Crippen LogP contribution in [0.3, 0.4) is 0 Å². The number of carbonyl (C=O) groups is 1. The molecule has 1 N–H and O–H groups in total. The van der Waals surface area contributed by atoms with Crippen LogP contribution in [0.1, 0.15) is 29.8 Å². The second kappa shape index (κ2) is 6.76. The summed E-state index contributed by atoms with van der Waals surface area (Å²) >= 11 is 0. The standard InChI is InChI=1S/C14H20N2O.ClH/c1-3-12-6-4-5-7-13(12)14(17)16-9-8-15-10-11(16)2;/h4-7,11,15H,3,8-10H2,1-2H3;1H.